The summed E-state index contributed by atoms with van der Waals surface area (Å²) in [5, 5.41) is 9.73. The summed E-state index contributed by atoms with van der Waals surface area (Å²) < 4.78 is 28.0. The minimum atomic E-state index is -0.964. The second-order valence-electron chi connectivity index (χ2n) is 8.84. The molecule has 0 spiro atoms. The van der Waals surface area contributed by atoms with Crippen molar-refractivity contribution in [2.75, 3.05) is 17.6 Å². The van der Waals surface area contributed by atoms with Gasteiger partial charge in [-0.2, -0.15) is 0 Å². The maximum Gasteiger partial charge on any atom is 0.251 e. The molecular formula is C24H26ClF2N5O2S. The number of hydrogen-bond acceptors (Lipinski definition) is 7. The van der Waals surface area contributed by atoms with Gasteiger partial charge in [-0.1, -0.05) is 17.4 Å². The van der Waals surface area contributed by atoms with Crippen LogP contribution in [-0.4, -0.2) is 34.8 Å². The molecule has 0 saturated carbocycles. The van der Waals surface area contributed by atoms with E-state index in [1.165, 1.54) is 6.07 Å². The number of nitrogen functional groups attached to an aromatic ring is 1. The summed E-state index contributed by atoms with van der Waals surface area (Å²) in [5.74, 6) is -3.09. The Morgan fingerprint density at radius 1 is 1.17 bits per heavy atom. The Morgan fingerprint density at radius 3 is 2.43 bits per heavy atom. The zero-order chi connectivity index (χ0) is 24.5. The van der Waals surface area contributed by atoms with E-state index in [-0.39, 0.29) is 45.7 Å². The standard InChI is InChI=1S/C24H25F2N5O2S.ClH/c1-24(2)11-10-15(31-24)12-28-22(33)13-6-8-14(9-7-13)29-23-30-21(27)20(34-23)19(32)18-16(25)4-3-5-17(18)26;/h3-9,15,31H,10-12,27H2,1-2H3,(H,28,33)(H,29,30);1H. The third-order valence-electron chi connectivity index (χ3n) is 5.67. The average molecular weight is 522 g/mol. The number of aromatic nitrogens is 1. The van der Waals surface area contributed by atoms with Gasteiger partial charge >= 0.3 is 0 Å². The van der Waals surface area contributed by atoms with Crippen molar-refractivity contribution in [3.63, 3.8) is 0 Å². The number of nitrogens with zero attached hydrogens (tertiary/aromatic N) is 1. The van der Waals surface area contributed by atoms with E-state index < -0.39 is 23.0 Å². The molecule has 1 amide bonds. The summed E-state index contributed by atoms with van der Waals surface area (Å²) in [6, 6.07) is 10.2. The first-order chi connectivity index (χ1) is 16.1. The van der Waals surface area contributed by atoms with Gasteiger partial charge in [0.15, 0.2) is 5.13 Å². The minimum absolute atomic E-state index is 0. The molecule has 1 aromatic heterocycles. The van der Waals surface area contributed by atoms with E-state index in [2.05, 4.69) is 34.8 Å². The highest BCUT2D eigenvalue weighted by Gasteiger charge is 2.29. The molecule has 0 aliphatic carbocycles. The molecule has 11 heteroatoms. The number of nitrogens with two attached hydrogens (primary N) is 1. The van der Waals surface area contributed by atoms with Crippen LogP contribution >= 0.6 is 23.7 Å². The fourth-order valence-corrected chi connectivity index (χ4v) is 4.76. The highest BCUT2D eigenvalue weighted by atomic mass is 35.5. The van der Waals surface area contributed by atoms with Crippen LogP contribution in [0, 0.1) is 11.6 Å². The number of thiazole rings is 1. The lowest BCUT2D eigenvalue weighted by Crippen LogP contribution is -2.43. The number of ketones is 1. The van der Waals surface area contributed by atoms with Gasteiger partial charge in [0.05, 0.1) is 5.56 Å². The van der Waals surface area contributed by atoms with E-state index in [1.807, 2.05) is 0 Å². The van der Waals surface area contributed by atoms with Crippen molar-refractivity contribution in [1.82, 2.24) is 15.6 Å². The van der Waals surface area contributed by atoms with Crippen LogP contribution < -0.4 is 21.7 Å². The molecule has 2 heterocycles. The molecule has 5 N–H and O–H groups in total. The fourth-order valence-electron chi connectivity index (χ4n) is 3.91. The number of anilines is 3. The van der Waals surface area contributed by atoms with Crippen LogP contribution in [-0.2, 0) is 0 Å². The van der Waals surface area contributed by atoms with E-state index >= 15 is 0 Å². The van der Waals surface area contributed by atoms with Gasteiger partial charge in [0.25, 0.3) is 5.91 Å². The maximum atomic E-state index is 14.0. The Balaban J connectivity index is 0.00000342. The second-order valence-corrected chi connectivity index (χ2v) is 9.83. The van der Waals surface area contributed by atoms with Gasteiger partial charge in [-0.05, 0) is 63.1 Å². The number of rotatable bonds is 7. The normalized spacial score (nSPS) is 16.4. The summed E-state index contributed by atoms with van der Waals surface area (Å²) in [6.45, 7) is 4.85. The van der Waals surface area contributed by atoms with Crippen LogP contribution in [0.4, 0.5) is 25.4 Å². The summed E-state index contributed by atoms with van der Waals surface area (Å²) >= 11 is 0.891. The lowest BCUT2D eigenvalue weighted by atomic mass is 10.0. The third kappa shape index (κ3) is 6.14. The quantitative estimate of drug-likeness (QED) is 0.337. The number of carbonyl (C=O) groups is 2. The summed E-state index contributed by atoms with van der Waals surface area (Å²) in [4.78, 5) is 29.1. The summed E-state index contributed by atoms with van der Waals surface area (Å²) in [6.07, 6.45) is 2.08. The van der Waals surface area contributed by atoms with E-state index in [9.17, 15) is 18.4 Å². The van der Waals surface area contributed by atoms with Crippen LogP contribution in [0.1, 0.15) is 52.3 Å². The van der Waals surface area contributed by atoms with Crippen molar-refractivity contribution in [2.24, 2.45) is 0 Å². The molecule has 1 fully saturated rings. The zero-order valence-corrected chi connectivity index (χ0v) is 20.8. The lowest BCUT2D eigenvalue weighted by molar-refractivity contribution is 0.0949. The van der Waals surface area contributed by atoms with Gasteiger partial charge in [-0.15, -0.1) is 12.4 Å². The van der Waals surface area contributed by atoms with Crippen LogP contribution in [0.25, 0.3) is 0 Å². The van der Waals surface area contributed by atoms with Crippen LogP contribution in [0.3, 0.4) is 0 Å². The highest BCUT2D eigenvalue weighted by molar-refractivity contribution is 7.18. The minimum Gasteiger partial charge on any atom is -0.382 e. The number of hydrogen-bond donors (Lipinski definition) is 4. The molecule has 3 aromatic rings. The Morgan fingerprint density at radius 2 is 1.83 bits per heavy atom. The Kier molecular flexibility index (Phi) is 8.09. The molecule has 1 aliphatic rings. The topological polar surface area (TPSA) is 109 Å². The predicted molar refractivity (Wildman–Crippen MR) is 136 cm³/mol. The van der Waals surface area contributed by atoms with Gasteiger partial charge in [0, 0.05) is 29.4 Å². The summed E-state index contributed by atoms with van der Waals surface area (Å²) in [7, 11) is 0. The molecule has 186 valence electrons. The first kappa shape index (κ1) is 26.5. The number of benzene rings is 2. The lowest BCUT2D eigenvalue weighted by Gasteiger charge is -2.20. The molecule has 1 saturated heterocycles. The van der Waals surface area contributed by atoms with Crippen molar-refractivity contribution in [2.45, 2.75) is 38.3 Å². The Hall–Kier alpha value is -3.08. The van der Waals surface area contributed by atoms with Crippen molar-refractivity contribution < 1.29 is 18.4 Å². The van der Waals surface area contributed by atoms with Crippen LogP contribution in [0.5, 0.6) is 0 Å². The Labute approximate surface area is 211 Å². The molecule has 1 unspecified atom stereocenters. The van der Waals surface area contributed by atoms with Gasteiger partial charge in [0.2, 0.25) is 5.78 Å². The fraction of sp³-hybridized carbons (Fsp3) is 0.292. The van der Waals surface area contributed by atoms with Crippen LogP contribution in [0.2, 0.25) is 0 Å². The SMILES string of the molecule is CC1(C)CCC(CNC(=O)c2ccc(Nc3nc(N)c(C(=O)c4c(F)cccc4F)s3)cc2)N1.Cl. The van der Waals surface area contributed by atoms with Gasteiger partial charge in [-0.25, -0.2) is 13.8 Å². The van der Waals surface area contributed by atoms with E-state index in [1.54, 1.807) is 24.3 Å². The molecule has 1 atom stereocenters. The first-order valence-corrected chi connectivity index (χ1v) is 11.6. The van der Waals surface area contributed by atoms with Crippen molar-refractivity contribution in [3.05, 3.63) is 70.1 Å². The van der Waals surface area contributed by atoms with Gasteiger partial charge < -0.3 is 21.7 Å². The molecule has 35 heavy (non-hydrogen) atoms. The molecule has 2 aromatic carbocycles. The molecular weight excluding hydrogens is 496 g/mol. The molecule has 4 rings (SSSR count). The van der Waals surface area contributed by atoms with Crippen molar-refractivity contribution in [1.29, 1.82) is 0 Å². The molecule has 7 nitrogen and oxygen atoms in total. The van der Waals surface area contributed by atoms with Gasteiger partial charge in [-0.3, -0.25) is 9.59 Å². The van der Waals surface area contributed by atoms with Crippen LogP contribution in [0.15, 0.2) is 42.5 Å². The molecule has 0 bridgehead atoms. The monoisotopic (exact) mass is 521 g/mol. The largest absolute Gasteiger partial charge is 0.382 e. The second kappa shape index (κ2) is 10.7. The van der Waals surface area contributed by atoms with Crippen molar-refractivity contribution in [3.8, 4) is 0 Å². The third-order valence-corrected chi connectivity index (χ3v) is 6.65. The number of halogens is 3. The number of nitrogens with one attached hydrogen (secondary N) is 3. The van der Waals surface area contributed by atoms with Gasteiger partial charge in [0.1, 0.15) is 22.3 Å². The first-order valence-electron chi connectivity index (χ1n) is 10.8. The van der Waals surface area contributed by atoms with E-state index in [0.29, 0.717) is 17.8 Å². The average Bonchev–Trinajstić information content (AvgIpc) is 3.33. The van der Waals surface area contributed by atoms with E-state index in [4.69, 9.17) is 5.73 Å². The molecule has 0 radical (unpaired) electrons. The smallest absolute Gasteiger partial charge is 0.251 e. The number of amides is 1. The molecule has 1 aliphatic heterocycles. The number of carbonyl (C=O) groups excluding carboxylic acids is 2. The van der Waals surface area contributed by atoms with E-state index in [0.717, 1.165) is 36.3 Å². The Bertz CT molecular complexity index is 1210. The van der Waals surface area contributed by atoms with Crippen molar-refractivity contribution >= 4 is 52.1 Å². The maximum absolute atomic E-state index is 14.0. The highest BCUT2D eigenvalue weighted by Crippen LogP contribution is 2.31. The predicted octanol–water partition coefficient (Wildman–Crippen LogP) is 4.66. The zero-order valence-electron chi connectivity index (χ0n) is 19.2. The summed E-state index contributed by atoms with van der Waals surface area (Å²) in [5.41, 5.74) is 6.38.